The van der Waals surface area contributed by atoms with Crippen LogP contribution < -0.4 is 0 Å². The largest absolute Gasteiger partial charge is 0.324 e. The number of hydrogen-bond donors (Lipinski definition) is 0. The van der Waals surface area contributed by atoms with Crippen LogP contribution in [0.5, 0.6) is 0 Å². The molecule has 2 aromatic heterocycles. The van der Waals surface area contributed by atoms with Crippen LogP contribution in [-0.4, -0.2) is 24.5 Å². The van der Waals surface area contributed by atoms with Crippen LogP contribution in [0.25, 0.3) is 11.0 Å². The van der Waals surface area contributed by atoms with Crippen LogP contribution in [0.4, 0.5) is 0 Å². The summed E-state index contributed by atoms with van der Waals surface area (Å²) < 4.78 is 4.04. The molecular weight excluding hydrogens is 346 g/mol. The first kappa shape index (κ1) is 16.4. The number of nitrogens with zero attached hydrogens (tertiary/aromatic N) is 5. The number of hydrogen-bond acceptors (Lipinski definition) is 3. The molecule has 5 nitrogen and oxygen atoms in total. The monoisotopic (exact) mass is 365 g/mol. The van der Waals surface area contributed by atoms with Crippen molar-refractivity contribution < 1.29 is 0 Å². The molecule has 0 saturated heterocycles. The molecule has 5 aromatic rings. The van der Waals surface area contributed by atoms with Crippen LogP contribution in [0.2, 0.25) is 0 Å². The van der Waals surface area contributed by atoms with Crippen molar-refractivity contribution in [1.82, 2.24) is 24.5 Å². The Hall–Kier alpha value is -3.73. The van der Waals surface area contributed by atoms with Gasteiger partial charge in [0.05, 0.1) is 30.1 Å². The van der Waals surface area contributed by atoms with E-state index in [0.717, 1.165) is 16.7 Å². The molecule has 2 heterocycles. The first-order valence-electron chi connectivity index (χ1n) is 9.29. The number of fused-ring (bicyclic) bond motifs is 1. The molecule has 0 spiro atoms. The Labute approximate surface area is 162 Å². The Morgan fingerprint density at radius 1 is 0.750 bits per heavy atom. The van der Waals surface area contributed by atoms with Gasteiger partial charge in [-0.25, -0.2) is 9.67 Å². The third kappa shape index (κ3) is 3.07. The quantitative estimate of drug-likeness (QED) is 0.466. The van der Waals surface area contributed by atoms with E-state index in [9.17, 15) is 0 Å². The van der Waals surface area contributed by atoms with E-state index in [4.69, 9.17) is 0 Å². The third-order valence-corrected chi connectivity index (χ3v) is 4.91. The minimum Gasteiger partial charge on any atom is -0.324 e. The molecule has 0 unspecified atom stereocenters. The van der Waals surface area contributed by atoms with Gasteiger partial charge in [-0.1, -0.05) is 78.0 Å². The van der Waals surface area contributed by atoms with Crippen LogP contribution in [0.3, 0.4) is 0 Å². The maximum absolute atomic E-state index is 4.46. The lowest BCUT2D eigenvalue weighted by molar-refractivity contribution is 0.571. The van der Waals surface area contributed by atoms with Crippen LogP contribution in [0.15, 0.2) is 97.5 Å². The normalized spacial score (nSPS) is 11.3. The van der Waals surface area contributed by atoms with Crippen molar-refractivity contribution in [2.45, 2.75) is 12.6 Å². The van der Waals surface area contributed by atoms with Gasteiger partial charge in [-0.15, -0.1) is 5.10 Å². The van der Waals surface area contributed by atoms with Crippen molar-refractivity contribution in [2.24, 2.45) is 0 Å². The molecule has 0 aliphatic rings. The van der Waals surface area contributed by atoms with E-state index in [-0.39, 0.29) is 6.04 Å². The second-order valence-electron chi connectivity index (χ2n) is 6.77. The van der Waals surface area contributed by atoms with Gasteiger partial charge in [-0.3, -0.25) is 0 Å². The van der Waals surface area contributed by atoms with Crippen LogP contribution in [-0.2, 0) is 6.54 Å². The molecule has 5 heteroatoms. The number of imidazole rings is 1. The Morgan fingerprint density at radius 3 is 2.11 bits per heavy atom. The highest BCUT2D eigenvalue weighted by Gasteiger charge is 2.18. The zero-order chi connectivity index (χ0) is 18.8. The van der Waals surface area contributed by atoms with E-state index in [0.29, 0.717) is 6.54 Å². The number of aromatic nitrogens is 5. The van der Waals surface area contributed by atoms with E-state index < -0.39 is 0 Å². The summed E-state index contributed by atoms with van der Waals surface area (Å²) in [6, 6.07) is 28.9. The summed E-state index contributed by atoms with van der Waals surface area (Å²) in [5, 5.41) is 8.90. The van der Waals surface area contributed by atoms with Crippen molar-refractivity contribution in [3.63, 3.8) is 0 Å². The summed E-state index contributed by atoms with van der Waals surface area (Å²) in [5.41, 5.74) is 5.34. The van der Waals surface area contributed by atoms with Gasteiger partial charge in [0.25, 0.3) is 0 Å². The van der Waals surface area contributed by atoms with Crippen molar-refractivity contribution in [3.8, 4) is 0 Å². The summed E-state index contributed by atoms with van der Waals surface area (Å²) >= 11 is 0. The summed E-state index contributed by atoms with van der Waals surface area (Å²) in [6.45, 7) is 0.636. The van der Waals surface area contributed by atoms with Gasteiger partial charge >= 0.3 is 0 Å². The summed E-state index contributed by atoms with van der Waals surface area (Å²) in [7, 11) is 0. The van der Waals surface area contributed by atoms with E-state index in [1.165, 1.54) is 11.1 Å². The van der Waals surface area contributed by atoms with Gasteiger partial charge in [0.2, 0.25) is 0 Å². The molecule has 0 amide bonds. The molecule has 5 rings (SSSR count). The molecule has 0 saturated carbocycles. The maximum Gasteiger partial charge on any atom is 0.104 e. The fourth-order valence-corrected chi connectivity index (χ4v) is 3.59. The molecule has 0 fully saturated rings. The van der Waals surface area contributed by atoms with Crippen LogP contribution >= 0.6 is 0 Å². The van der Waals surface area contributed by atoms with Gasteiger partial charge < -0.3 is 4.57 Å². The van der Waals surface area contributed by atoms with Crippen LogP contribution in [0.1, 0.15) is 22.9 Å². The zero-order valence-corrected chi connectivity index (χ0v) is 15.3. The highest BCUT2D eigenvalue weighted by Crippen LogP contribution is 2.26. The minimum atomic E-state index is -0.0109. The molecule has 28 heavy (non-hydrogen) atoms. The van der Waals surface area contributed by atoms with Gasteiger partial charge in [0, 0.05) is 0 Å². The molecule has 0 aliphatic heterocycles. The zero-order valence-electron chi connectivity index (χ0n) is 15.3. The molecule has 0 radical (unpaired) electrons. The van der Waals surface area contributed by atoms with E-state index in [1.807, 2.05) is 47.5 Å². The lowest BCUT2D eigenvalue weighted by Gasteiger charge is -2.18. The lowest BCUT2D eigenvalue weighted by atomic mass is 9.99. The average molecular weight is 365 g/mol. The lowest BCUT2D eigenvalue weighted by Crippen LogP contribution is -2.13. The van der Waals surface area contributed by atoms with Gasteiger partial charge in [-0.2, -0.15) is 0 Å². The second-order valence-corrected chi connectivity index (χ2v) is 6.77. The summed E-state index contributed by atoms with van der Waals surface area (Å²) in [6.07, 6.45) is 3.88. The summed E-state index contributed by atoms with van der Waals surface area (Å²) in [5.74, 6) is 0. The number of rotatable bonds is 5. The van der Waals surface area contributed by atoms with Crippen molar-refractivity contribution in [2.75, 3.05) is 0 Å². The average Bonchev–Trinajstić information content (AvgIpc) is 3.38. The van der Waals surface area contributed by atoms with Gasteiger partial charge in [0.1, 0.15) is 11.7 Å². The Bertz CT molecular complexity index is 1150. The highest BCUT2D eigenvalue weighted by molar-refractivity contribution is 5.75. The molecule has 3 aromatic carbocycles. The SMILES string of the molecule is c1ccc(C(c2ccccc2)n2cc(Cn3cnc4ccccc43)nn2)cc1. The number of para-hydroxylation sites is 2. The van der Waals surface area contributed by atoms with Gasteiger partial charge in [0.15, 0.2) is 0 Å². The Balaban J connectivity index is 1.51. The predicted molar refractivity (Wildman–Crippen MR) is 109 cm³/mol. The van der Waals surface area contributed by atoms with E-state index in [2.05, 4.69) is 74.5 Å². The Kier molecular flexibility index (Phi) is 4.18. The molecule has 0 aliphatic carbocycles. The van der Waals surface area contributed by atoms with Gasteiger partial charge in [-0.05, 0) is 23.3 Å². The predicted octanol–water partition coefficient (Wildman–Crippen LogP) is 4.31. The standard InChI is InChI=1S/C23H19N5/c1-3-9-18(10-4-1)23(19-11-5-2-6-12-19)28-16-20(25-26-28)15-27-17-24-21-13-7-8-14-22(21)27/h1-14,16-17,23H,15H2. The highest BCUT2D eigenvalue weighted by atomic mass is 15.4. The molecule has 0 bridgehead atoms. The number of benzene rings is 3. The second kappa shape index (κ2) is 7.12. The topological polar surface area (TPSA) is 48.5 Å². The molecular formula is C23H19N5. The van der Waals surface area contributed by atoms with Crippen molar-refractivity contribution in [3.05, 3.63) is 114 Å². The van der Waals surface area contributed by atoms with E-state index in [1.54, 1.807) is 0 Å². The third-order valence-electron chi connectivity index (χ3n) is 4.91. The first-order valence-corrected chi connectivity index (χ1v) is 9.29. The van der Waals surface area contributed by atoms with E-state index >= 15 is 0 Å². The van der Waals surface area contributed by atoms with Crippen molar-refractivity contribution >= 4 is 11.0 Å². The fourth-order valence-electron chi connectivity index (χ4n) is 3.59. The smallest absolute Gasteiger partial charge is 0.104 e. The maximum atomic E-state index is 4.46. The van der Waals surface area contributed by atoms with Crippen molar-refractivity contribution in [1.29, 1.82) is 0 Å². The fraction of sp³-hybridized carbons (Fsp3) is 0.0870. The molecule has 136 valence electrons. The Morgan fingerprint density at radius 2 is 1.39 bits per heavy atom. The molecule has 0 atom stereocenters. The summed E-state index contributed by atoms with van der Waals surface area (Å²) in [4.78, 5) is 4.46. The molecule has 0 N–H and O–H groups in total. The first-order chi connectivity index (χ1) is 13.9. The minimum absolute atomic E-state index is 0.0109. The van der Waals surface area contributed by atoms with Crippen LogP contribution in [0, 0.1) is 0 Å².